The highest BCUT2D eigenvalue weighted by Gasteiger charge is 2.38. The zero-order chi connectivity index (χ0) is 32.6. The number of hydrogen-bond acceptors (Lipinski definition) is 9. The van der Waals surface area contributed by atoms with Crippen molar-refractivity contribution in [2.45, 2.75) is 65.0 Å². The molecule has 0 spiro atoms. The highest BCUT2D eigenvalue weighted by Crippen LogP contribution is 2.50. The van der Waals surface area contributed by atoms with Gasteiger partial charge in [0.25, 0.3) is 5.92 Å². The largest absolute Gasteiger partial charge is 0.489 e. The molecular formula is C32H41ClF3N7O2. The quantitative estimate of drug-likeness (QED) is 0.327. The molecule has 0 saturated carbocycles. The minimum Gasteiger partial charge on any atom is -0.489 e. The molecule has 1 unspecified atom stereocenters. The van der Waals surface area contributed by atoms with Crippen molar-refractivity contribution in [3.05, 3.63) is 40.2 Å². The Morgan fingerprint density at radius 1 is 1.20 bits per heavy atom. The number of nitrogens with zero attached hydrogens (tertiary/aromatic N) is 5. The number of hydrogen-bond donors (Lipinski definition) is 2. The van der Waals surface area contributed by atoms with Crippen LogP contribution in [0.5, 0.6) is 11.8 Å². The number of pyridine rings is 1. The molecule has 1 aromatic carbocycles. The molecule has 3 N–H and O–H groups in total. The lowest BCUT2D eigenvalue weighted by Gasteiger charge is -2.35. The van der Waals surface area contributed by atoms with Gasteiger partial charge < -0.3 is 25.4 Å². The number of fused-ring (bicyclic) bond motifs is 3. The molecule has 9 nitrogen and oxygen atoms in total. The van der Waals surface area contributed by atoms with E-state index in [2.05, 4.69) is 31.7 Å². The Bertz CT molecular complexity index is 1590. The van der Waals surface area contributed by atoms with Crippen LogP contribution in [-0.4, -0.2) is 78.4 Å². The topological polar surface area (TPSA) is 102 Å². The predicted octanol–water partition coefficient (Wildman–Crippen LogP) is 6.10. The number of aryl methyl sites for hydroxylation is 1. The molecule has 13 heteroatoms. The van der Waals surface area contributed by atoms with Gasteiger partial charge in [-0.2, -0.15) is 9.97 Å². The summed E-state index contributed by atoms with van der Waals surface area (Å²) in [7, 11) is 1.37. The maximum Gasteiger partial charge on any atom is 0.318 e. The van der Waals surface area contributed by atoms with E-state index >= 15 is 4.39 Å². The summed E-state index contributed by atoms with van der Waals surface area (Å²) in [6, 6.07) is 2.01. The molecule has 7 rings (SSSR count). The standard InChI is InChI=1S/C22H22ClF3N6O2.C8H13N.C2H6/c1-9-6-11(27)29-17(14(9)22(2,25)26)12-15(23)19-13-18(16(12)24)30-21(33-3)31-20(13)32-5-4-28-7-10(32)8-34-19;1-7-5-8-3-2-4-9(8)6-7;1-2/h6,10,28H,4-5,7-8H2,1-3H3,(H2,27,29);8H,1-6H2;1-2H3/t10-;;/m0../s1. The highest BCUT2D eigenvalue weighted by molar-refractivity contribution is 6.36. The van der Waals surface area contributed by atoms with E-state index in [0.717, 1.165) is 6.04 Å². The minimum atomic E-state index is -3.35. The lowest BCUT2D eigenvalue weighted by atomic mass is 9.95. The van der Waals surface area contributed by atoms with Crippen LogP contribution >= 0.6 is 11.6 Å². The van der Waals surface area contributed by atoms with Gasteiger partial charge in [-0.1, -0.05) is 37.6 Å². The molecule has 2 atom stereocenters. The number of nitrogens with two attached hydrogens (primary N) is 1. The van der Waals surface area contributed by atoms with Crippen molar-refractivity contribution >= 4 is 34.1 Å². The average molecular weight is 648 g/mol. The van der Waals surface area contributed by atoms with Crippen molar-refractivity contribution in [2.75, 3.05) is 57.1 Å². The number of ether oxygens (including phenoxy) is 2. The number of nitrogens with one attached hydrogen (secondary N) is 1. The summed E-state index contributed by atoms with van der Waals surface area (Å²) in [4.78, 5) is 17.3. The zero-order valence-electron chi connectivity index (χ0n) is 26.4. The van der Waals surface area contributed by atoms with E-state index in [-0.39, 0.29) is 63.0 Å². The highest BCUT2D eigenvalue weighted by atomic mass is 35.5. The molecule has 2 aromatic heterocycles. The molecule has 0 aliphatic carbocycles. The van der Waals surface area contributed by atoms with Gasteiger partial charge in [0, 0.05) is 39.1 Å². The Morgan fingerprint density at radius 2 is 1.96 bits per heavy atom. The maximum atomic E-state index is 16.2. The summed E-state index contributed by atoms with van der Waals surface area (Å²) in [6.45, 7) is 14.8. The first-order chi connectivity index (χ1) is 21.5. The second-order valence-corrected chi connectivity index (χ2v) is 12.0. The van der Waals surface area contributed by atoms with Crippen LogP contribution in [0, 0.1) is 12.7 Å². The number of benzene rings is 1. The molecule has 4 aliphatic rings. The van der Waals surface area contributed by atoms with E-state index in [1.54, 1.807) is 0 Å². The van der Waals surface area contributed by atoms with Crippen LogP contribution < -0.4 is 25.4 Å². The molecule has 6 heterocycles. The van der Waals surface area contributed by atoms with Gasteiger partial charge in [0.1, 0.15) is 23.8 Å². The molecule has 3 fully saturated rings. The third-order valence-electron chi connectivity index (χ3n) is 8.53. The van der Waals surface area contributed by atoms with E-state index in [4.69, 9.17) is 26.8 Å². The summed E-state index contributed by atoms with van der Waals surface area (Å²) in [5, 5.41) is 3.34. The van der Waals surface area contributed by atoms with Crippen LogP contribution in [0.3, 0.4) is 0 Å². The van der Waals surface area contributed by atoms with Crippen LogP contribution in [0.25, 0.3) is 22.2 Å². The van der Waals surface area contributed by atoms with Crippen LogP contribution in [0.2, 0.25) is 5.02 Å². The second kappa shape index (κ2) is 13.2. The van der Waals surface area contributed by atoms with Crippen molar-refractivity contribution in [2.24, 2.45) is 0 Å². The first-order valence-electron chi connectivity index (χ1n) is 15.4. The predicted molar refractivity (Wildman–Crippen MR) is 172 cm³/mol. The fourth-order valence-corrected chi connectivity index (χ4v) is 7.02. The first-order valence-corrected chi connectivity index (χ1v) is 15.8. The van der Waals surface area contributed by atoms with Crippen molar-refractivity contribution in [1.82, 2.24) is 25.2 Å². The normalized spacial score (nSPS) is 20.7. The Kier molecular flexibility index (Phi) is 9.67. The van der Waals surface area contributed by atoms with Crippen LogP contribution in [0.4, 0.5) is 24.8 Å². The number of aromatic nitrogens is 3. The lowest BCUT2D eigenvalue weighted by Crippen LogP contribution is -2.53. The fourth-order valence-electron chi connectivity index (χ4n) is 6.70. The summed E-state index contributed by atoms with van der Waals surface area (Å²) in [5.41, 5.74) is 6.09. The Hall–Kier alpha value is -3.35. The molecule has 0 bridgehead atoms. The molecule has 3 saturated heterocycles. The maximum absolute atomic E-state index is 16.2. The van der Waals surface area contributed by atoms with Crippen molar-refractivity contribution < 1.29 is 22.6 Å². The van der Waals surface area contributed by atoms with Gasteiger partial charge >= 0.3 is 6.01 Å². The number of alkyl halides is 2. The van der Waals surface area contributed by atoms with Gasteiger partial charge in [-0.25, -0.2) is 18.2 Å². The van der Waals surface area contributed by atoms with Crippen molar-refractivity contribution in [1.29, 1.82) is 0 Å². The van der Waals surface area contributed by atoms with Gasteiger partial charge in [-0.3, -0.25) is 4.90 Å². The van der Waals surface area contributed by atoms with Crippen molar-refractivity contribution in [3.63, 3.8) is 0 Å². The number of rotatable bonds is 3. The Labute approximate surface area is 266 Å². The monoisotopic (exact) mass is 647 g/mol. The number of nitrogen functional groups attached to an aromatic ring is 1. The van der Waals surface area contributed by atoms with Gasteiger partial charge in [0.05, 0.1) is 40.4 Å². The third kappa shape index (κ3) is 6.24. The molecular weight excluding hydrogens is 607 g/mol. The Balaban J connectivity index is 0.000000307. The summed E-state index contributed by atoms with van der Waals surface area (Å²) >= 11 is 6.69. The van der Waals surface area contributed by atoms with Gasteiger partial charge in [0.2, 0.25) is 0 Å². The van der Waals surface area contributed by atoms with Gasteiger partial charge in [-0.15, -0.1) is 0 Å². The molecule has 0 amide bonds. The summed E-state index contributed by atoms with van der Waals surface area (Å²) in [6.07, 6.45) is 4.11. The van der Waals surface area contributed by atoms with Gasteiger partial charge in [-0.05, 0) is 44.4 Å². The second-order valence-electron chi connectivity index (χ2n) is 11.6. The fraction of sp³-hybridized carbons (Fsp3) is 0.531. The lowest BCUT2D eigenvalue weighted by molar-refractivity contribution is 0.0171. The molecule has 244 valence electrons. The average Bonchev–Trinajstić information content (AvgIpc) is 3.53. The SMILES string of the molecule is C=C1CC2CCCN2C1.CC.COc1nc2c3c(c(Cl)c(-c4nc(N)cc(C)c4C(C)(F)F)c(F)c3n1)OC[C@@H]1CNCCN21. The number of halogens is 4. The molecule has 0 radical (unpaired) electrons. The molecule has 4 aliphatic heterocycles. The van der Waals surface area contributed by atoms with E-state index in [1.807, 2.05) is 18.7 Å². The van der Waals surface area contributed by atoms with E-state index in [9.17, 15) is 8.78 Å². The van der Waals surface area contributed by atoms with E-state index < -0.39 is 17.3 Å². The number of anilines is 2. The number of methoxy groups -OCH3 is 1. The van der Waals surface area contributed by atoms with Crippen molar-refractivity contribution in [3.8, 4) is 23.0 Å². The van der Waals surface area contributed by atoms with Gasteiger partial charge in [0.15, 0.2) is 11.6 Å². The molecule has 3 aromatic rings. The zero-order valence-corrected chi connectivity index (χ0v) is 27.2. The third-order valence-corrected chi connectivity index (χ3v) is 8.89. The Morgan fingerprint density at radius 3 is 2.64 bits per heavy atom. The summed E-state index contributed by atoms with van der Waals surface area (Å²) < 4.78 is 56.8. The van der Waals surface area contributed by atoms with E-state index in [1.165, 1.54) is 58.0 Å². The van der Waals surface area contributed by atoms with Crippen LogP contribution in [0.1, 0.15) is 51.2 Å². The summed E-state index contributed by atoms with van der Waals surface area (Å²) in [5.74, 6) is -3.82. The number of piperazine rings is 1. The minimum absolute atomic E-state index is 0.0491. The van der Waals surface area contributed by atoms with Crippen LogP contribution in [-0.2, 0) is 5.92 Å². The smallest absolute Gasteiger partial charge is 0.318 e. The van der Waals surface area contributed by atoms with Crippen LogP contribution in [0.15, 0.2) is 18.2 Å². The first kappa shape index (κ1) is 33.0. The molecule has 45 heavy (non-hydrogen) atoms. The van der Waals surface area contributed by atoms with E-state index in [0.29, 0.717) is 32.4 Å².